The van der Waals surface area contributed by atoms with Crippen molar-refractivity contribution in [2.45, 2.75) is 59.9 Å². The van der Waals surface area contributed by atoms with E-state index in [9.17, 15) is 9.59 Å². The second kappa shape index (κ2) is 9.36. The van der Waals surface area contributed by atoms with Crippen LogP contribution in [0.15, 0.2) is 29.1 Å². The van der Waals surface area contributed by atoms with Crippen LogP contribution in [-0.2, 0) is 17.6 Å². The Kier molecular flexibility index (Phi) is 7.17. The molecule has 0 spiro atoms. The van der Waals surface area contributed by atoms with Crippen LogP contribution in [0.5, 0.6) is 0 Å². The van der Waals surface area contributed by atoms with Crippen LogP contribution in [0.4, 0.5) is 0 Å². The summed E-state index contributed by atoms with van der Waals surface area (Å²) in [7, 11) is 0. The summed E-state index contributed by atoms with van der Waals surface area (Å²) in [4.78, 5) is 26.9. The van der Waals surface area contributed by atoms with Gasteiger partial charge in [0, 0.05) is 12.1 Å². The minimum Gasteiger partial charge on any atom is -0.350 e. The summed E-state index contributed by atoms with van der Waals surface area (Å²) >= 11 is 0. The second-order valence-corrected chi connectivity index (χ2v) is 7.80. The highest BCUT2D eigenvalue weighted by Gasteiger charge is 2.15. The van der Waals surface area contributed by atoms with Crippen molar-refractivity contribution in [2.24, 2.45) is 5.92 Å². The standard InChI is InChI=1S/C23H29N3O2/c1-14(2)12-18-6-8-19(9-7-18)16(4)25-22(27)11-10-20-15(3)21(13-24)23(28)26-17(20)5/h6-9,14,16H,10-12H2,1-5H3,(H,25,27)(H,26,28). The van der Waals surface area contributed by atoms with Crippen molar-refractivity contribution in [3.8, 4) is 6.07 Å². The van der Waals surface area contributed by atoms with Crippen molar-refractivity contribution in [3.05, 3.63) is 68.1 Å². The molecule has 2 rings (SSSR count). The minimum atomic E-state index is -0.375. The Morgan fingerprint density at radius 3 is 2.39 bits per heavy atom. The average Bonchev–Trinajstić information content (AvgIpc) is 2.61. The lowest BCUT2D eigenvalue weighted by atomic mass is 9.98. The Morgan fingerprint density at radius 2 is 1.82 bits per heavy atom. The summed E-state index contributed by atoms with van der Waals surface area (Å²) in [5.41, 5.74) is 4.35. The molecule has 1 amide bonds. The molecule has 1 aromatic carbocycles. The number of aryl methyl sites for hydroxylation is 1. The van der Waals surface area contributed by atoms with Crippen LogP contribution in [0.3, 0.4) is 0 Å². The van der Waals surface area contributed by atoms with Gasteiger partial charge in [-0.25, -0.2) is 0 Å². The van der Waals surface area contributed by atoms with E-state index in [-0.39, 0.29) is 23.1 Å². The molecule has 0 bridgehead atoms. The highest BCUT2D eigenvalue weighted by Crippen LogP contribution is 2.17. The average molecular weight is 380 g/mol. The molecule has 28 heavy (non-hydrogen) atoms. The lowest BCUT2D eigenvalue weighted by Crippen LogP contribution is -2.27. The van der Waals surface area contributed by atoms with Gasteiger partial charge >= 0.3 is 0 Å². The lowest BCUT2D eigenvalue weighted by Gasteiger charge is -2.16. The number of benzene rings is 1. The zero-order chi connectivity index (χ0) is 20.8. The van der Waals surface area contributed by atoms with Gasteiger partial charge in [0.15, 0.2) is 0 Å². The van der Waals surface area contributed by atoms with E-state index in [0.29, 0.717) is 30.0 Å². The first-order valence-corrected chi connectivity index (χ1v) is 9.73. The number of nitrogens with one attached hydrogen (secondary N) is 2. The molecule has 0 aliphatic carbocycles. The number of aromatic amines is 1. The summed E-state index contributed by atoms with van der Waals surface area (Å²) in [6.45, 7) is 9.92. The van der Waals surface area contributed by atoms with E-state index >= 15 is 0 Å². The van der Waals surface area contributed by atoms with Crippen LogP contribution in [0.2, 0.25) is 0 Å². The third-order valence-electron chi connectivity index (χ3n) is 5.02. The summed E-state index contributed by atoms with van der Waals surface area (Å²) in [5.74, 6) is 0.562. The fourth-order valence-electron chi connectivity index (χ4n) is 3.47. The largest absolute Gasteiger partial charge is 0.350 e. The first kappa shape index (κ1) is 21.4. The topological polar surface area (TPSA) is 85.8 Å². The van der Waals surface area contributed by atoms with Crippen molar-refractivity contribution in [1.29, 1.82) is 5.26 Å². The van der Waals surface area contributed by atoms with E-state index in [4.69, 9.17) is 5.26 Å². The number of nitriles is 1. The fraction of sp³-hybridized carbons (Fsp3) is 0.435. The molecule has 2 aromatic rings. The Morgan fingerprint density at radius 1 is 1.18 bits per heavy atom. The molecule has 1 heterocycles. The molecule has 0 saturated heterocycles. The Hall–Kier alpha value is -2.87. The van der Waals surface area contributed by atoms with Crippen LogP contribution >= 0.6 is 0 Å². The zero-order valence-electron chi connectivity index (χ0n) is 17.3. The number of H-pyrrole nitrogens is 1. The number of aromatic nitrogens is 1. The van der Waals surface area contributed by atoms with Gasteiger partial charge in [-0.2, -0.15) is 5.26 Å². The summed E-state index contributed by atoms with van der Waals surface area (Å²) in [6.07, 6.45) is 1.83. The minimum absolute atomic E-state index is 0.0535. The van der Waals surface area contributed by atoms with Crippen LogP contribution in [0, 0.1) is 31.1 Å². The smallest absolute Gasteiger partial charge is 0.266 e. The number of pyridine rings is 1. The molecule has 148 valence electrons. The van der Waals surface area contributed by atoms with Crippen LogP contribution in [0.25, 0.3) is 0 Å². The van der Waals surface area contributed by atoms with E-state index in [1.807, 2.05) is 13.0 Å². The predicted octanol–water partition coefficient (Wildman–Crippen LogP) is 3.87. The van der Waals surface area contributed by atoms with Gasteiger partial charge in [0.2, 0.25) is 5.91 Å². The van der Waals surface area contributed by atoms with E-state index < -0.39 is 0 Å². The van der Waals surface area contributed by atoms with Gasteiger partial charge in [0.1, 0.15) is 11.6 Å². The fourth-order valence-corrected chi connectivity index (χ4v) is 3.47. The van der Waals surface area contributed by atoms with E-state index in [1.54, 1.807) is 13.8 Å². The summed E-state index contributed by atoms with van der Waals surface area (Å²) < 4.78 is 0. The SMILES string of the molecule is Cc1[nH]c(=O)c(C#N)c(C)c1CCC(=O)NC(C)c1ccc(CC(C)C)cc1. The van der Waals surface area contributed by atoms with Gasteiger partial charge in [-0.15, -0.1) is 0 Å². The van der Waals surface area contributed by atoms with Crippen molar-refractivity contribution in [2.75, 3.05) is 0 Å². The monoisotopic (exact) mass is 379 g/mol. The maximum absolute atomic E-state index is 12.4. The van der Waals surface area contributed by atoms with E-state index in [0.717, 1.165) is 17.5 Å². The molecule has 1 unspecified atom stereocenters. The lowest BCUT2D eigenvalue weighted by molar-refractivity contribution is -0.121. The highest BCUT2D eigenvalue weighted by molar-refractivity contribution is 5.76. The molecular weight excluding hydrogens is 350 g/mol. The van der Waals surface area contributed by atoms with Crippen molar-refractivity contribution in [3.63, 3.8) is 0 Å². The molecule has 0 aliphatic heterocycles. The molecule has 5 nitrogen and oxygen atoms in total. The zero-order valence-corrected chi connectivity index (χ0v) is 17.3. The Balaban J connectivity index is 1.99. The number of nitrogens with zero attached hydrogens (tertiary/aromatic N) is 1. The maximum atomic E-state index is 12.4. The van der Waals surface area contributed by atoms with Crippen molar-refractivity contribution >= 4 is 5.91 Å². The van der Waals surface area contributed by atoms with Crippen molar-refractivity contribution in [1.82, 2.24) is 10.3 Å². The van der Waals surface area contributed by atoms with E-state index in [1.165, 1.54) is 5.56 Å². The maximum Gasteiger partial charge on any atom is 0.266 e. The highest BCUT2D eigenvalue weighted by atomic mass is 16.1. The molecule has 0 saturated carbocycles. The first-order valence-electron chi connectivity index (χ1n) is 9.73. The molecule has 0 radical (unpaired) electrons. The van der Waals surface area contributed by atoms with Gasteiger partial charge in [-0.3, -0.25) is 9.59 Å². The molecule has 0 aliphatic rings. The third-order valence-corrected chi connectivity index (χ3v) is 5.02. The van der Waals surface area contributed by atoms with Gasteiger partial charge in [-0.05, 0) is 61.8 Å². The number of amides is 1. The second-order valence-electron chi connectivity index (χ2n) is 7.80. The summed E-state index contributed by atoms with van der Waals surface area (Å²) in [5, 5.41) is 12.2. The first-order chi connectivity index (χ1) is 13.2. The molecular formula is C23H29N3O2. The summed E-state index contributed by atoms with van der Waals surface area (Å²) in [6, 6.07) is 10.2. The number of rotatable bonds is 7. The van der Waals surface area contributed by atoms with Crippen LogP contribution in [-0.4, -0.2) is 10.9 Å². The van der Waals surface area contributed by atoms with Gasteiger partial charge < -0.3 is 10.3 Å². The Labute approximate surface area is 166 Å². The number of hydrogen-bond acceptors (Lipinski definition) is 3. The van der Waals surface area contributed by atoms with Gasteiger partial charge in [0.05, 0.1) is 6.04 Å². The molecule has 1 atom stereocenters. The van der Waals surface area contributed by atoms with Crippen LogP contribution in [0.1, 0.15) is 66.7 Å². The predicted molar refractivity (Wildman–Crippen MR) is 111 cm³/mol. The molecule has 5 heteroatoms. The number of hydrogen-bond donors (Lipinski definition) is 2. The van der Waals surface area contributed by atoms with Gasteiger partial charge in [0.25, 0.3) is 5.56 Å². The molecule has 1 aromatic heterocycles. The molecule has 0 fully saturated rings. The van der Waals surface area contributed by atoms with Gasteiger partial charge in [-0.1, -0.05) is 38.1 Å². The number of carbonyl (C=O) groups excluding carboxylic acids is 1. The normalized spacial score (nSPS) is 11.9. The third kappa shape index (κ3) is 5.32. The number of carbonyl (C=O) groups is 1. The Bertz CT molecular complexity index is 934. The van der Waals surface area contributed by atoms with Crippen LogP contribution < -0.4 is 10.9 Å². The molecule has 2 N–H and O–H groups in total. The van der Waals surface area contributed by atoms with Crippen molar-refractivity contribution < 1.29 is 4.79 Å². The quantitative estimate of drug-likeness (QED) is 0.766. The van der Waals surface area contributed by atoms with E-state index in [2.05, 4.69) is 48.4 Å².